The summed E-state index contributed by atoms with van der Waals surface area (Å²) in [6.45, 7) is 1.77. The van der Waals surface area contributed by atoms with Crippen molar-refractivity contribution in [3.05, 3.63) is 0 Å². The first-order chi connectivity index (χ1) is 7.61. The van der Waals surface area contributed by atoms with Gasteiger partial charge in [-0.3, -0.25) is 10.5 Å². The molecule has 99 valence electrons. The van der Waals surface area contributed by atoms with Gasteiger partial charge in [0.05, 0.1) is 0 Å². The lowest BCUT2D eigenvalue weighted by Gasteiger charge is -2.17. The van der Waals surface area contributed by atoms with Crippen LogP contribution < -0.4 is 11.1 Å². The van der Waals surface area contributed by atoms with Gasteiger partial charge in [0.2, 0.25) is 0 Å². The fourth-order valence-corrected chi connectivity index (χ4v) is 1.03. The standard InChI is InChI=1S/C9H14F3N2O3/c1-5(2)3-6(7(13)15)14-8(16)17-4-9(10,11)12/h5-6,13H,3-4H2,1-2H3,(H,14,16). The molecule has 1 radical (unpaired) electrons. The minimum absolute atomic E-state index is 0.0113. The Morgan fingerprint density at radius 3 is 2.24 bits per heavy atom. The van der Waals surface area contributed by atoms with Gasteiger partial charge in [0.1, 0.15) is 6.04 Å². The van der Waals surface area contributed by atoms with Crippen molar-refractivity contribution in [1.82, 2.24) is 11.1 Å². The number of rotatable bonds is 5. The zero-order valence-corrected chi connectivity index (χ0v) is 9.43. The molecule has 5 nitrogen and oxygen atoms in total. The van der Waals surface area contributed by atoms with Gasteiger partial charge in [0.25, 0.3) is 5.91 Å². The van der Waals surface area contributed by atoms with Crippen molar-refractivity contribution in [1.29, 1.82) is 0 Å². The molecule has 0 aromatic carbocycles. The number of alkyl carbamates (subject to hydrolysis) is 1. The SMILES string of the molecule is CC(C)CC(NC(=O)OCC(F)(F)F)C([NH])=O. The Bertz CT molecular complexity index is 279. The molecule has 17 heavy (non-hydrogen) atoms. The summed E-state index contributed by atoms with van der Waals surface area (Å²) >= 11 is 0. The van der Waals surface area contributed by atoms with Gasteiger partial charge in [-0.1, -0.05) is 13.8 Å². The largest absolute Gasteiger partial charge is 0.440 e. The lowest BCUT2D eigenvalue weighted by molar-refractivity contribution is -0.160. The van der Waals surface area contributed by atoms with Gasteiger partial charge in [-0.05, 0) is 12.3 Å². The number of hydrogen-bond donors (Lipinski definition) is 1. The number of halogens is 3. The molecule has 8 heteroatoms. The zero-order chi connectivity index (χ0) is 13.6. The summed E-state index contributed by atoms with van der Waals surface area (Å²) in [6.07, 6.45) is -5.80. The smallest absolute Gasteiger partial charge is 0.422 e. The number of alkyl halides is 3. The minimum Gasteiger partial charge on any atom is -0.440 e. The summed E-state index contributed by atoms with van der Waals surface area (Å²) < 4.78 is 39.0. The molecule has 0 aromatic heterocycles. The molecule has 1 atom stereocenters. The highest BCUT2D eigenvalue weighted by Gasteiger charge is 2.30. The molecule has 0 aromatic rings. The van der Waals surface area contributed by atoms with E-state index in [9.17, 15) is 22.8 Å². The van der Waals surface area contributed by atoms with E-state index >= 15 is 0 Å². The predicted molar refractivity (Wildman–Crippen MR) is 51.9 cm³/mol. The summed E-state index contributed by atoms with van der Waals surface area (Å²) in [4.78, 5) is 21.7. The molecule has 0 aliphatic heterocycles. The van der Waals surface area contributed by atoms with Crippen molar-refractivity contribution in [2.45, 2.75) is 32.5 Å². The van der Waals surface area contributed by atoms with E-state index in [-0.39, 0.29) is 12.3 Å². The highest BCUT2D eigenvalue weighted by molar-refractivity contribution is 5.83. The molecule has 2 amide bonds. The van der Waals surface area contributed by atoms with E-state index in [2.05, 4.69) is 4.74 Å². The second kappa shape index (κ2) is 6.31. The highest BCUT2D eigenvalue weighted by Crippen LogP contribution is 2.14. The first-order valence-corrected chi connectivity index (χ1v) is 4.87. The van der Waals surface area contributed by atoms with E-state index in [0.29, 0.717) is 0 Å². The summed E-state index contributed by atoms with van der Waals surface area (Å²) in [7, 11) is 0. The quantitative estimate of drug-likeness (QED) is 0.808. The zero-order valence-electron chi connectivity index (χ0n) is 9.43. The molecule has 0 aliphatic carbocycles. The maximum Gasteiger partial charge on any atom is 0.422 e. The van der Waals surface area contributed by atoms with Gasteiger partial charge in [-0.25, -0.2) is 4.79 Å². The Balaban J connectivity index is 4.18. The molecule has 0 saturated heterocycles. The van der Waals surface area contributed by atoms with Crippen LogP contribution in [0.25, 0.3) is 0 Å². The lowest BCUT2D eigenvalue weighted by atomic mass is 10.0. The molecule has 2 N–H and O–H groups in total. The third-order valence-corrected chi connectivity index (χ3v) is 1.68. The van der Waals surface area contributed by atoms with Crippen LogP contribution in [0.4, 0.5) is 18.0 Å². The second-order valence-corrected chi connectivity index (χ2v) is 3.88. The summed E-state index contributed by atoms with van der Waals surface area (Å²) in [5.74, 6) is -1.06. The predicted octanol–water partition coefficient (Wildman–Crippen LogP) is 1.50. The number of nitrogens with one attached hydrogen (secondary N) is 2. The Kier molecular flexibility index (Phi) is 5.77. The Morgan fingerprint density at radius 1 is 1.35 bits per heavy atom. The first kappa shape index (κ1) is 15.5. The van der Waals surface area contributed by atoms with Gasteiger partial charge < -0.3 is 10.1 Å². The van der Waals surface area contributed by atoms with Crippen LogP contribution in [-0.2, 0) is 9.53 Å². The molecule has 0 aliphatic rings. The van der Waals surface area contributed by atoms with Crippen LogP contribution in [-0.4, -0.2) is 30.8 Å². The van der Waals surface area contributed by atoms with Crippen LogP contribution >= 0.6 is 0 Å². The van der Waals surface area contributed by atoms with Crippen molar-refractivity contribution in [3.63, 3.8) is 0 Å². The number of amides is 2. The van der Waals surface area contributed by atoms with Crippen molar-refractivity contribution >= 4 is 12.0 Å². The molecule has 0 fully saturated rings. The van der Waals surface area contributed by atoms with Crippen LogP contribution in [0.3, 0.4) is 0 Å². The third-order valence-electron chi connectivity index (χ3n) is 1.68. The summed E-state index contributed by atoms with van der Waals surface area (Å²) in [5.41, 5.74) is 6.85. The summed E-state index contributed by atoms with van der Waals surface area (Å²) in [5, 5.41) is 1.92. The van der Waals surface area contributed by atoms with Crippen LogP contribution in [0, 0.1) is 5.92 Å². The molecule has 0 spiro atoms. The van der Waals surface area contributed by atoms with E-state index in [1.165, 1.54) is 0 Å². The van der Waals surface area contributed by atoms with E-state index in [0.717, 1.165) is 0 Å². The molecule has 0 bridgehead atoms. The minimum atomic E-state index is -4.62. The monoisotopic (exact) mass is 255 g/mol. The van der Waals surface area contributed by atoms with Crippen molar-refractivity contribution < 1.29 is 27.5 Å². The van der Waals surface area contributed by atoms with Gasteiger partial charge >= 0.3 is 12.3 Å². The maximum atomic E-state index is 11.7. The second-order valence-electron chi connectivity index (χ2n) is 3.88. The number of carbonyl (C=O) groups excluding carboxylic acids is 2. The molecular weight excluding hydrogens is 241 g/mol. The lowest BCUT2D eigenvalue weighted by Crippen LogP contribution is -2.43. The third kappa shape index (κ3) is 8.35. The van der Waals surface area contributed by atoms with E-state index in [4.69, 9.17) is 5.73 Å². The highest BCUT2D eigenvalue weighted by atomic mass is 19.4. The molecule has 0 heterocycles. The molecule has 0 rings (SSSR count). The topological polar surface area (TPSA) is 79.2 Å². The van der Waals surface area contributed by atoms with Crippen LogP contribution in [0.2, 0.25) is 0 Å². The Hall–Kier alpha value is -1.47. The summed E-state index contributed by atoms with van der Waals surface area (Å²) in [6, 6.07) is -1.14. The molecular formula is C9H14F3N2O3. The Labute approximate surface area is 96.5 Å². The first-order valence-electron chi connectivity index (χ1n) is 4.87. The average molecular weight is 255 g/mol. The van der Waals surface area contributed by atoms with E-state index in [1.54, 1.807) is 13.8 Å². The van der Waals surface area contributed by atoms with Crippen LogP contribution in [0.15, 0.2) is 0 Å². The van der Waals surface area contributed by atoms with Gasteiger partial charge in [0.15, 0.2) is 6.61 Å². The number of ether oxygens (including phenoxy) is 1. The fourth-order valence-electron chi connectivity index (χ4n) is 1.03. The van der Waals surface area contributed by atoms with Gasteiger partial charge in [0, 0.05) is 0 Å². The molecule has 1 unspecified atom stereocenters. The Morgan fingerprint density at radius 2 is 1.88 bits per heavy atom. The van der Waals surface area contributed by atoms with E-state index < -0.39 is 30.8 Å². The maximum absolute atomic E-state index is 11.7. The fraction of sp³-hybridized carbons (Fsp3) is 0.778. The van der Waals surface area contributed by atoms with Gasteiger partial charge in [-0.2, -0.15) is 13.2 Å². The van der Waals surface area contributed by atoms with Gasteiger partial charge in [-0.15, -0.1) is 0 Å². The number of carbonyl (C=O) groups is 2. The van der Waals surface area contributed by atoms with Crippen molar-refractivity contribution in [3.8, 4) is 0 Å². The van der Waals surface area contributed by atoms with E-state index in [1.807, 2.05) is 5.32 Å². The van der Waals surface area contributed by atoms with Crippen LogP contribution in [0.5, 0.6) is 0 Å². The molecule has 0 saturated carbocycles. The van der Waals surface area contributed by atoms with Crippen LogP contribution in [0.1, 0.15) is 20.3 Å². The van der Waals surface area contributed by atoms with Crippen molar-refractivity contribution in [2.75, 3.05) is 6.61 Å². The average Bonchev–Trinajstić information content (AvgIpc) is 2.11. The number of hydrogen-bond acceptors (Lipinski definition) is 3. The van der Waals surface area contributed by atoms with Crippen molar-refractivity contribution in [2.24, 2.45) is 5.92 Å². The normalized spacial score (nSPS) is 13.3.